The lowest BCUT2D eigenvalue weighted by molar-refractivity contribution is 0.612. The number of aromatic amines is 1. The highest BCUT2D eigenvalue weighted by Crippen LogP contribution is 2.16. The maximum absolute atomic E-state index is 11.0. The smallest absolute Gasteiger partial charge is 0.247 e. The van der Waals surface area contributed by atoms with Gasteiger partial charge in [0.1, 0.15) is 5.82 Å². The van der Waals surface area contributed by atoms with Gasteiger partial charge in [-0.1, -0.05) is 13.0 Å². The van der Waals surface area contributed by atoms with Crippen LogP contribution in [0.3, 0.4) is 0 Å². The van der Waals surface area contributed by atoms with Gasteiger partial charge in [-0.05, 0) is 12.0 Å². The van der Waals surface area contributed by atoms with Crippen molar-refractivity contribution in [3.63, 3.8) is 0 Å². The number of hydrogen-bond donors (Lipinski definition) is 2. The maximum atomic E-state index is 11.0. The van der Waals surface area contributed by atoms with Gasteiger partial charge in [0.25, 0.3) is 0 Å². The molecule has 0 aliphatic heterocycles. The van der Waals surface area contributed by atoms with Crippen LogP contribution < -0.4 is 11.3 Å². The Labute approximate surface area is 99.3 Å². The molecule has 2 aromatic heterocycles. The van der Waals surface area contributed by atoms with E-state index < -0.39 is 0 Å². The summed E-state index contributed by atoms with van der Waals surface area (Å²) in [7, 11) is 0. The second-order valence-electron chi connectivity index (χ2n) is 3.94. The zero-order chi connectivity index (χ0) is 12.3. The van der Waals surface area contributed by atoms with Crippen LogP contribution in [0.1, 0.15) is 30.8 Å². The summed E-state index contributed by atoms with van der Waals surface area (Å²) < 4.78 is 2.04. The summed E-state index contributed by atoms with van der Waals surface area (Å²) in [6.45, 7) is 3.00. The van der Waals surface area contributed by atoms with Crippen molar-refractivity contribution in [2.24, 2.45) is 5.73 Å². The molecule has 0 aliphatic carbocycles. The van der Waals surface area contributed by atoms with Crippen molar-refractivity contribution in [2.45, 2.75) is 25.9 Å². The minimum absolute atomic E-state index is 0.127. The van der Waals surface area contributed by atoms with E-state index in [2.05, 4.69) is 16.9 Å². The lowest BCUT2D eigenvalue weighted by atomic mass is 10.1. The largest absolute Gasteiger partial charge is 0.333 e. The van der Waals surface area contributed by atoms with Crippen molar-refractivity contribution in [3.05, 3.63) is 52.5 Å². The van der Waals surface area contributed by atoms with Crippen LogP contribution in [0, 0.1) is 0 Å². The van der Waals surface area contributed by atoms with E-state index in [0.717, 1.165) is 24.4 Å². The third-order valence-corrected chi connectivity index (χ3v) is 2.66. The normalized spacial score (nSPS) is 12.6. The summed E-state index contributed by atoms with van der Waals surface area (Å²) >= 11 is 0. The fraction of sp³-hybridized carbons (Fsp3) is 0.333. The summed E-state index contributed by atoms with van der Waals surface area (Å²) in [4.78, 5) is 17.9. The lowest BCUT2D eigenvalue weighted by Gasteiger charge is -2.13. The van der Waals surface area contributed by atoms with E-state index in [1.807, 2.05) is 10.8 Å². The zero-order valence-corrected chi connectivity index (χ0v) is 9.76. The molecule has 0 aromatic carbocycles. The van der Waals surface area contributed by atoms with Crippen LogP contribution in [0.5, 0.6) is 0 Å². The van der Waals surface area contributed by atoms with Gasteiger partial charge in [-0.3, -0.25) is 4.79 Å². The molecule has 0 saturated heterocycles. The molecule has 1 unspecified atom stereocenters. The summed E-state index contributed by atoms with van der Waals surface area (Å²) in [5.74, 6) is 0.818. The van der Waals surface area contributed by atoms with Crippen molar-refractivity contribution in [2.75, 3.05) is 0 Å². The number of hydrogen-bond acceptors (Lipinski definition) is 3. The number of aromatic nitrogens is 3. The zero-order valence-electron chi connectivity index (χ0n) is 9.76. The summed E-state index contributed by atoms with van der Waals surface area (Å²) in [5.41, 5.74) is 6.86. The van der Waals surface area contributed by atoms with E-state index in [1.165, 1.54) is 6.07 Å². The number of imidazole rings is 1. The molecule has 17 heavy (non-hydrogen) atoms. The Balaban J connectivity index is 2.29. The molecule has 2 heterocycles. The monoisotopic (exact) mass is 232 g/mol. The summed E-state index contributed by atoms with van der Waals surface area (Å²) in [5, 5.41) is 0. The highest BCUT2D eigenvalue weighted by molar-refractivity contribution is 5.21. The van der Waals surface area contributed by atoms with E-state index >= 15 is 0 Å². The average Bonchev–Trinajstić information content (AvgIpc) is 2.78. The quantitative estimate of drug-likeness (QED) is 0.826. The predicted octanol–water partition coefficient (Wildman–Crippen LogP) is 1.03. The maximum Gasteiger partial charge on any atom is 0.247 e. The molecule has 90 valence electrons. The van der Waals surface area contributed by atoms with E-state index in [-0.39, 0.29) is 11.6 Å². The molecule has 3 N–H and O–H groups in total. The van der Waals surface area contributed by atoms with Gasteiger partial charge in [0.15, 0.2) is 0 Å². The molecule has 2 rings (SSSR count). The number of nitrogens with one attached hydrogen (secondary N) is 1. The van der Waals surface area contributed by atoms with Crippen molar-refractivity contribution in [1.29, 1.82) is 0 Å². The van der Waals surface area contributed by atoms with Crippen LogP contribution in [0.4, 0.5) is 0 Å². The minimum Gasteiger partial charge on any atom is -0.333 e. The molecule has 5 heteroatoms. The molecular weight excluding hydrogens is 216 g/mol. The van der Waals surface area contributed by atoms with Crippen LogP contribution in [0.15, 0.2) is 35.5 Å². The van der Waals surface area contributed by atoms with Crippen LogP contribution >= 0.6 is 0 Å². The highest BCUT2D eigenvalue weighted by Gasteiger charge is 2.14. The van der Waals surface area contributed by atoms with Gasteiger partial charge >= 0.3 is 0 Å². The van der Waals surface area contributed by atoms with Crippen molar-refractivity contribution in [3.8, 4) is 0 Å². The van der Waals surface area contributed by atoms with Crippen LogP contribution in [0.2, 0.25) is 0 Å². The SMILES string of the molecule is CCCn1ccnc1C(N)c1ccc(=O)[nH]c1. The van der Waals surface area contributed by atoms with Gasteiger partial charge in [0, 0.05) is 31.2 Å². The second-order valence-corrected chi connectivity index (χ2v) is 3.94. The topological polar surface area (TPSA) is 76.7 Å². The Hall–Kier alpha value is -1.88. The molecule has 0 aliphatic rings. The van der Waals surface area contributed by atoms with Gasteiger partial charge < -0.3 is 15.3 Å². The average molecular weight is 232 g/mol. The number of aryl methyl sites for hydroxylation is 1. The molecule has 0 spiro atoms. The Bertz CT molecular complexity index is 523. The van der Waals surface area contributed by atoms with Gasteiger partial charge in [0.2, 0.25) is 5.56 Å². The van der Waals surface area contributed by atoms with Gasteiger partial charge in [-0.15, -0.1) is 0 Å². The summed E-state index contributed by atoms with van der Waals surface area (Å²) in [6, 6.07) is 2.89. The Morgan fingerprint density at radius 1 is 1.53 bits per heavy atom. The Morgan fingerprint density at radius 3 is 3.00 bits per heavy atom. The van der Waals surface area contributed by atoms with Gasteiger partial charge in [-0.25, -0.2) is 4.98 Å². The van der Waals surface area contributed by atoms with Gasteiger partial charge in [-0.2, -0.15) is 0 Å². The first-order valence-corrected chi connectivity index (χ1v) is 5.67. The number of nitrogens with two attached hydrogens (primary N) is 1. The molecule has 5 nitrogen and oxygen atoms in total. The van der Waals surface area contributed by atoms with Crippen LogP contribution in [0.25, 0.3) is 0 Å². The van der Waals surface area contributed by atoms with Crippen LogP contribution in [-0.4, -0.2) is 14.5 Å². The number of H-pyrrole nitrogens is 1. The molecule has 1 atom stereocenters. The predicted molar refractivity (Wildman–Crippen MR) is 65.6 cm³/mol. The van der Waals surface area contributed by atoms with Crippen molar-refractivity contribution in [1.82, 2.24) is 14.5 Å². The minimum atomic E-state index is -0.312. The highest BCUT2D eigenvalue weighted by atomic mass is 16.1. The van der Waals surface area contributed by atoms with Crippen LogP contribution in [-0.2, 0) is 6.54 Å². The molecule has 0 radical (unpaired) electrons. The molecule has 0 amide bonds. The third kappa shape index (κ3) is 2.45. The fourth-order valence-electron chi connectivity index (χ4n) is 1.79. The number of rotatable bonds is 4. The lowest BCUT2D eigenvalue weighted by Crippen LogP contribution is -2.19. The van der Waals surface area contributed by atoms with E-state index in [0.29, 0.717) is 0 Å². The molecule has 0 fully saturated rings. The van der Waals surface area contributed by atoms with E-state index in [1.54, 1.807) is 18.5 Å². The Kier molecular flexibility index (Phi) is 3.39. The number of nitrogens with zero attached hydrogens (tertiary/aromatic N) is 2. The first-order valence-electron chi connectivity index (χ1n) is 5.67. The molecule has 0 saturated carbocycles. The molecule has 2 aromatic rings. The second kappa shape index (κ2) is 4.97. The third-order valence-electron chi connectivity index (χ3n) is 2.66. The molecule has 0 bridgehead atoms. The van der Waals surface area contributed by atoms with E-state index in [9.17, 15) is 4.79 Å². The van der Waals surface area contributed by atoms with Crippen molar-refractivity contribution >= 4 is 0 Å². The standard InChI is InChI=1S/C12H16N4O/c1-2-6-16-7-5-14-12(16)11(13)9-3-4-10(17)15-8-9/h3-5,7-8,11H,2,6,13H2,1H3,(H,15,17). The molecular formula is C12H16N4O. The fourth-order valence-corrected chi connectivity index (χ4v) is 1.79. The summed E-state index contributed by atoms with van der Waals surface area (Å²) in [6.07, 6.45) is 6.33. The van der Waals surface area contributed by atoms with E-state index in [4.69, 9.17) is 5.73 Å². The van der Waals surface area contributed by atoms with Gasteiger partial charge in [0.05, 0.1) is 6.04 Å². The first-order chi connectivity index (χ1) is 8.22. The first kappa shape index (κ1) is 11.6. The Morgan fingerprint density at radius 2 is 2.35 bits per heavy atom. The van der Waals surface area contributed by atoms with Crippen molar-refractivity contribution < 1.29 is 0 Å². The number of pyridine rings is 1.